The van der Waals surface area contributed by atoms with Crippen LogP contribution in [0.4, 0.5) is 5.82 Å². The quantitative estimate of drug-likeness (QED) is 0.294. The van der Waals surface area contributed by atoms with Crippen LogP contribution in [0, 0.1) is 5.92 Å². The van der Waals surface area contributed by atoms with Crippen molar-refractivity contribution in [1.29, 1.82) is 0 Å². The van der Waals surface area contributed by atoms with Crippen LogP contribution in [0.3, 0.4) is 0 Å². The number of nitrogens with two attached hydrogens (primary N) is 1. The summed E-state index contributed by atoms with van der Waals surface area (Å²) in [4.78, 5) is 39.4. The first-order valence-electron chi connectivity index (χ1n) is 11.2. The highest BCUT2D eigenvalue weighted by atomic mass is 32.2. The van der Waals surface area contributed by atoms with Crippen molar-refractivity contribution in [3.8, 4) is 5.75 Å². The number of nitrogens with zero attached hydrogens (tertiary/aromatic N) is 4. The number of benzene rings is 1. The summed E-state index contributed by atoms with van der Waals surface area (Å²) in [6.45, 7) is 7.33. The SMILES string of the molecule is CCCn1c(N)c(C(=O)CSc2nnc(COc3ccccc3)n2CCC(C)C)c(=O)[nH]c1=O. The van der Waals surface area contributed by atoms with Gasteiger partial charge < -0.3 is 15.0 Å². The molecule has 0 spiro atoms. The second kappa shape index (κ2) is 11.7. The number of carbonyl (C=O) groups is 1. The molecular weight excluding hydrogens is 456 g/mol. The number of nitrogens with one attached hydrogen (secondary N) is 1. The normalized spacial score (nSPS) is 11.2. The first-order chi connectivity index (χ1) is 16.3. The van der Waals surface area contributed by atoms with E-state index in [1.54, 1.807) is 0 Å². The predicted molar refractivity (Wildman–Crippen MR) is 131 cm³/mol. The molecule has 2 aromatic heterocycles. The number of aromatic nitrogens is 5. The fourth-order valence-electron chi connectivity index (χ4n) is 3.31. The van der Waals surface area contributed by atoms with Gasteiger partial charge in [0.15, 0.2) is 16.8 Å². The Morgan fingerprint density at radius 2 is 1.88 bits per heavy atom. The van der Waals surface area contributed by atoms with Crippen molar-refractivity contribution in [3.05, 3.63) is 62.6 Å². The van der Waals surface area contributed by atoms with Crippen LogP contribution in [-0.4, -0.2) is 35.9 Å². The number of thioether (sulfide) groups is 1. The Hall–Kier alpha value is -3.34. The molecule has 0 atom stereocenters. The van der Waals surface area contributed by atoms with E-state index >= 15 is 0 Å². The van der Waals surface area contributed by atoms with E-state index in [1.165, 1.54) is 16.3 Å². The van der Waals surface area contributed by atoms with Gasteiger partial charge in [0.05, 0.1) is 5.75 Å². The van der Waals surface area contributed by atoms with Crippen LogP contribution in [0.2, 0.25) is 0 Å². The Bertz CT molecular complexity index is 1230. The number of anilines is 1. The highest BCUT2D eigenvalue weighted by Gasteiger charge is 2.21. The smallest absolute Gasteiger partial charge is 0.329 e. The number of Topliss-reactive ketones (excluding diaryl/α,β-unsaturated/α-hetero) is 1. The van der Waals surface area contributed by atoms with Crippen LogP contribution in [-0.2, 0) is 19.7 Å². The highest BCUT2D eigenvalue weighted by Crippen LogP contribution is 2.21. The number of carbonyl (C=O) groups excluding carboxylic acids is 1. The van der Waals surface area contributed by atoms with Crippen molar-refractivity contribution in [1.82, 2.24) is 24.3 Å². The van der Waals surface area contributed by atoms with Gasteiger partial charge in [-0.2, -0.15) is 0 Å². The monoisotopic (exact) mass is 486 g/mol. The fourth-order valence-corrected chi connectivity index (χ4v) is 4.17. The summed E-state index contributed by atoms with van der Waals surface area (Å²) in [6.07, 6.45) is 1.53. The van der Waals surface area contributed by atoms with Crippen LogP contribution < -0.4 is 21.7 Å². The minimum absolute atomic E-state index is 0.0725. The molecule has 0 aliphatic carbocycles. The zero-order chi connectivity index (χ0) is 24.7. The number of nitrogen functional groups attached to an aromatic ring is 1. The molecule has 3 N–H and O–H groups in total. The second-order valence-electron chi connectivity index (χ2n) is 8.22. The molecule has 182 valence electrons. The molecule has 3 rings (SSSR count). The van der Waals surface area contributed by atoms with E-state index in [9.17, 15) is 14.4 Å². The number of ether oxygens (including phenoxy) is 1. The van der Waals surface area contributed by atoms with Gasteiger partial charge in [-0.3, -0.25) is 19.1 Å². The van der Waals surface area contributed by atoms with Crippen LogP contribution in [0.1, 0.15) is 49.8 Å². The van der Waals surface area contributed by atoms with Crippen molar-refractivity contribution >= 4 is 23.4 Å². The molecule has 11 heteroatoms. The summed E-state index contributed by atoms with van der Waals surface area (Å²) < 4.78 is 8.98. The summed E-state index contributed by atoms with van der Waals surface area (Å²) in [5.41, 5.74) is 4.41. The van der Waals surface area contributed by atoms with Crippen molar-refractivity contribution in [2.45, 2.75) is 58.5 Å². The average Bonchev–Trinajstić information content (AvgIpc) is 3.19. The third-order valence-corrected chi connectivity index (χ3v) is 6.10. The number of aromatic amines is 1. The van der Waals surface area contributed by atoms with E-state index in [0.717, 1.165) is 12.2 Å². The van der Waals surface area contributed by atoms with Crippen LogP contribution in [0.15, 0.2) is 45.1 Å². The Morgan fingerprint density at radius 3 is 2.56 bits per heavy atom. The van der Waals surface area contributed by atoms with Gasteiger partial charge in [-0.1, -0.05) is 50.7 Å². The molecule has 0 aliphatic heterocycles. The van der Waals surface area contributed by atoms with E-state index in [4.69, 9.17) is 10.5 Å². The molecule has 2 heterocycles. The molecule has 0 bridgehead atoms. The minimum Gasteiger partial charge on any atom is -0.486 e. The minimum atomic E-state index is -0.779. The van der Waals surface area contributed by atoms with E-state index < -0.39 is 17.0 Å². The van der Waals surface area contributed by atoms with Gasteiger partial charge in [0, 0.05) is 13.1 Å². The molecule has 3 aromatic rings. The first-order valence-corrected chi connectivity index (χ1v) is 12.2. The fraction of sp³-hybridized carbons (Fsp3) is 0.435. The molecule has 0 unspecified atom stereocenters. The lowest BCUT2D eigenvalue weighted by Crippen LogP contribution is -2.36. The maximum absolute atomic E-state index is 12.9. The van der Waals surface area contributed by atoms with E-state index in [-0.39, 0.29) is 23.7 Å². The molecule has 0 amide bonds. The average molecular weight is 487 g/mol. The zero-order valence-electron chi connectivity index (χ0n) is 19.6. The molecule has 0 fully saturated rings. The maximum atomic E-state index is 12.9. The Morgan fingerprint density at radius 1 is 1.15 bits per heavy atom. The molecule has 0 saturated carbocycles. The molecule has 0 saturated heterocycles. The predicted octanol–water partition coefficient (Wildman–Crippen LogP) is 2.72. The van der Waals surface area contributed by atoms with Crippen LogP contribution in [0.5, 0.6) is 5.75 Å². The number of rotatable bonds is 12. The highest BCUT2D eigenvalue weighted by molar-refractivity contribution is 7.99. The van der Waals surface area contributed by atoms with Crippen LogP contribution in [0.25, 0.3) is 0 Å². The molecule has 34 heavy (non-hydrogen) atoms. The molecule has 0 aliphatic rings. The van der Waals surface area contributed by atoms with Crippen molar-refractivity contribution in [2.75, 3.05) is 11.5 Å². The third kappa shape index (κ3) is 6.16. The summed E-state index contributed by atoms with van der Waals surface area (Å²) >= 11 is 1.17. The van der Waals surface area contributed by atoms with Gasteiger partial charge in [0.1, 0.15) is 23.7 Å². The summed E-state index contributed by atoms with van der Waals surface area (Å²) in [6, 6.07) is 9.42. The van der Waals surface area contributed by atoms with Gasteiger partial charge >= 0.3 is 5.69 Å². The topological polar surface area (TPSA) is 138 Å². The Kier molecular flexibility index (Phi) is 8.69. The molecule has 0 radical (unpaired) electrons. The largest absolute Gasteiger partial charge is 0.486 e. The van der Waals surface area contributed by atoms with Gasteiger partial charge in [-0.15, -0.1) is 10.2 Å². The van der Waals surface area contributed by atoms with Gasteiger partial charge in [-0.25, -0.2) is 4.79 Å². The maximum Gasteiger partial charge on any atom is 0.329 e. The number of ketones is 1. The van der Waals surface area contributed by atoms with E-state index in [2.05, 4.69) is 29.0 Å². The van der Waals surface area contributed by atoms with E-state index in [0.29, 0.717) is 36.4 Å². The number of hydrogen-bond donors (Lipinski definition) is 2. The number of H-pyrrole nitrogens is 1. The molecular formula is C23H30N6O4S. The number of hydrogen-bond acceptors (Lipinski definition) is 8. The lowest BCUT2D eigenvalue weighted by atomic mass is 10.1. The second-order valence-corrected chi connectivity index (χ2v) is 9.16. The number of para-hydroxylation sites is 1. The van der Waals surface area contributed by atoms with Crippen molar-refractivity contribution in [2.24, 2.45) is 5.92 Å². The van der Waals surface area contributed by atoms with E-state index in [1.807, 2.05) is 41.8 Å². The van der Waals surface area contributed by atoms with Gasteiger partial charge in [-0.05, 0) is 30.9 Å². The standard InChI is InChI=1S/C23H30N6O4S/c1-4-11-29-20(24)19(21(31)25-22(29)32)17(30)14-34-23-27-26-18(28(23)12-10-15(2)3)13-33-16-8-6-5-7-9-16/h5-9,15H,4,10-14,24H2,1-3H3,(H,25,31,32). The zero-order valence-corrected chi connectivity index (χ0v) is 20.4. The van der Waals surface area contributed by atoms with Crippen molar-refractivity contribution in [3.63, 3.8) is 0 Å². The van der Waals surface area contributed by atoms with Crippen molar-refractivity contribution < 1.29 is 9.53 Å². The first kappa shape index (κ1) is 25.3. The molecule has 10 nitrogen and oxygen atoms in total. The Balaban J connectivity index is 1.79. The third-order valence-electron chi connectivity index (χ3n) is 5.13. The molecule has 1 aromatic carbocycles. The van der Waals surface area contributed by atoms with Crippen LogP contribution >= 0.6 is 11.8 Å². The lowest BCUT2D eigenvalue weighted by Gasteiger charge is -2.13. The lowest BCUT2D eigenvalue weighted by molar-refractivity contribution is 0.102. The van der Waals surface area contributed by atoms with Gasteiger partial charge in [0.2, 0.25) is 0 Å². The summed E-state index contributed by atoms with van der Waals surface area (Å²) in [7, 11) is 0. The summed E-state index contributed by atoms with van der Waals surface area (Å²) in [5, 5.41) is 9.07. The summed E-state index contributed by atoms with van der Waals surface area (Å²) in [5.74, 6) is 1.17. The van der Waals surface area contributed by atoms with Gasteiger partial charge in [0.25, 0.3) is 5.56 Å². The Labute approximate surface area is 201 Å².